The molecule has 0 spiro atoms. The number of rotatable bonds is 1. The first-order valence-corrected chi connectivity index (χ1v) is 2.64. The minimum atomic E-state index is -0.629. The van der Waals surface area contributed by atoms with Crippen molar-refractivity contribution in [1.82, 2.24) is 0 Å². The lowest BCUT2D eigenvalue weighted by Gasteiger charge is -1.79. The van der Waals surface area contributed by atoms with E-state index in [2.05, 4.69) is 0 Å². The molecule has 0 fully saturated rings. The van der Waals surface area contributed by atoms with E-state index < -0.39 is 5.83 Å². The fraction of sp³-hybridized carbons (Fsp3) is 0. The summed E-state index contributed by atoms with van der Waals surface area (Å²) in [4.78, 5) is 0. The fourth-order valence-corrected chi connectivity index (χ4v) is 0.597. The van der Waals surface area contributed by atoms with Crippen molar-refractivity contribution >= 4 is 5.83 Å². The third-order valence-corrected chi connectivity index (χ3v) is 1.05. The molecule has 0 aliphatic rings. The second kappa shape index (κ2) is 2.38. The average molecular weight is 121 g/mol. The highest BCUT2D eigenvalue weighted by molar-refractivity contribution is 5.54. The zero-order valence-electron chi connectivity index (χ0n) is 4.84. The van der Waals surface area contributed by atoms with Crippen molar-refractivity contribution in [2.75, 3.05) is 0 Å². The number of halogens is 1. The van der Waals surface area contributed by atoms with E-state index in [-0.39, 0.29) is 0 Å². The van der Waals surface area contributed by atoms with Crippen molar-refractivity contribution in [2.45, 2.75) is 0 Å². The molecule has 1 aromatic carbocycles. The normalized spacial score (nSPS) is 8.89. The Morgan fingerprint density at radius 1 is 1.22 bits per heavy atom. The van der Waals surface area contributed by atoms with Crippen LogP contribution in [0.15, 0.2) is 30.3 Å². The van der Waals surface area contributed by atoms with Crippen LogP contribution in [0.5, 0.6) is 0 Å². The van der Waals surface area contributed by atoms with Crippen molar-refractivity contribution in [3.05, 3.63) is 42.5 Å². The van der Waals surface area contributed by atoms with Crippen LogP contribution in [0.25, 0.3) is 5.83 Å². The van der Waals surface area contributed by atoms with Crippen molar-refractivity contribution in [3.8, 4) is 0 Å². The van der Waals surface area contributed by atoms with E-state index in [1.165, 1.54) is 0 Å². The van der Waals surface area contributed by atoms with Gasteiger partial charge in [0, 0.05) is 12.1 Å². The monoisotopic (exact) mass is 121 g/mol. The molecule has 1 aromatic rings. The Hall–Kier alpha value is -1.20. The molecular formula is C8H6F+. The molecule has 0 aromatic heterocycles. The minimum absolute atomic E-state index is 0.442. The Morgan fingerprint density at radius 3 is 2.11 bits per heavy atom. The molecule has 0 saturated heterocycles. The van der Waals surface area contributed by atoms with E-state index in [0.717, 1.165) is 0 Å². The van der Waals surface area contributed by atoms with Crippen LogP contribution in [-0.4, -0.2) is 0 Å². The maximum absolute atomic E-state index is 12.1. The molecular weight excluding hydrogens is 115 g/mol. The predicted molar refractivity (Wildman–Crippen MR) is 35.3 cm³/mol. The smallest absolute Gasteiger partial charge is 0.149 e. The van der Waals surface area contributed by atoms with Crippen LogP contribution in [0.1, 0.15) is 5.56 Å². The van der Waals surface area contributed by atoms with Gasteiger partial charge in [-0.1, -0.05) is 6.07 Å². The predicted octanol–water partition coefficient (Wildman–Crippen LogP) is 2.43. The summed E-state index contributed by atoms with van der Waals surface area (Å²) in [7, 11) is 0. The first-order valence-electron chi connectivity index (χ1n) is 2.64. The molecule has 0 unspecified atom stereocenters. The average Bonchev–Trinajstić information content (AvgIpc) is 1.90. The van der Waals surface area contributed by atoms with Gasteiger partial charge < -0.3 is 0 Å². The highest BCUT2D eigenvalue weighted by atomic mass is 19.1. The van der Waals surface area contributed by atoms with Crippen LogP contribution >= 0.6 is 0 Å². The molecule has 0 aliphatic heterocycles. The summed E-state index contributed by atoms with van der Waals surface area (Å²) in [5.41, 5.74) is 0.442. The summed E-state index contributed by atoms with van der Waals surface area (Å²) < 4.78 is 12.1. The van der Waals surface area contributed by atoms with Gasteiger partial charge >= 0.3 is 5.83 Å². The molecule has 0 aliphatic carbocycles. The van der Waals surface area contributed by atoms with Crippen LogP contribution in [0.3, 0.4) is 0 Å². The molecule has 0 saturated carbocycles. The molecule has 1 rings (SSSR count). The standard InChI is InChI=1S/C8H6F/c1-7(9)8-5-3-2-4-6-8/h1-6H/q+1. The van der Waals surface area contributed by atoms with E-state index in [9.17, 15) is 4.39 Å². The summed E-state index contributed by atoms with van der Waals surface area (Å²) in [5.74, 6) is -0.629. The molecule has 0 nitrogen and oxygen atoms in total. The van der Waals surface area contributed by atoms with E-state index in [1.54, 1.807) is 24.3 Å². The second-order valence-corrected chi connectivity index (χ2v) is 1.71. The van der Waals surface area contributed by atoms with Gasteiger partial charge in [0.15, 0.2) is 5.56 Å². The molecule has 0 bridgehead atoms. The zero-order valence-corrected chi connectivity index (χ0v) is 4.84. The quantitative estimate of drug-likeness (QED) is 0.500. The van der Waals surface area contributed by atoms with Crippen LogP contribution in [-0.2, 0) is 0 Å². The van der Waals surface area contributed by atoms with Gasteiger partial charge in [0.2, 0.25) is 0 Å². The highest BCUT2D eigenvalue weighted by Gasteiger charge is 2.04. The molecule has 0 amide bonds. The lowest BCUT2D eigenvalue weighted by molar-refractivity contribution is 0.761. The Morgan fingerprint density at radius 2 is 1.78 bits per heavy atom. The SMILES string of the molecule is [CH+]=C(F)c1ccccc1. The van der Waals surface area contributed by atoms with Crippen LogP contribution < -0.4 is 0 Å². The first kappa shape index (κ1) is 5.93. The second-order valence-electron chi connectivity index (χ2n) is 1.71. The lowest BCUT2D eigenvalue weighted by atomic mass is 10.2. The molecule has 44 valence electrons. The molecule has 1 heteroatoms. The van der Waals surface area contributed by atoms with Gasteiger partial charge in [-0.25, -0.2) is 0 Å². The summed E-state index contributed by atoms with van der Waals surface area (Å²) in [6.07, 6.45) is 0. The van der Waals surface area contributed by atoms with Crippen molar-refractivity contribution < 1.29 is 4.39 Å². The minimum Gasteiger partial charge on any atom is -0.149 e. The van der Waals surface area contributed by atoms with E-state index in [0.29, 0.717) is 5.56 Å². The van der Waals surface area contributed by atoms with Gasteiger partial charge in [0.25, 0.3) is 0 Å². The Balaban J connectivity index is 2.98. The van der Waals surface area contributed by atoms with Gasteiger partial charge in [-0.2, -0.15) is 0 Å². The third kappa shape index (κ3) is 1.34. The summed E-state index contributed by atoms with van der Waals surface area (Å²) >= 11 is 0. The van der Waals surface area contributed by atoms with Crippen LogP contribution in [0.4, 0.5) is 4.39 Å². The van der Waals surface area contributed by atoms with E-state index in [4.69, 9.17) is 6.58 Å². The lowest BCUT2D eigenvalue weighted by Crippen LogP contribution is -1.71. The number of hydrogen-bond acceptors (Lipinski definition) is 0. The molecule has 0 N–H and O–H groups in total. The van der Waals surface area contributed by atoms with E-state index in [1.807, 2.05) is 6.07 Å². The maximum Gasteiger partial charge on any atom is 0.341 e. The summed E-state index contributed by atoms with van der Waals surface area (Å²) in [6, 6.07) is 8.53. The Bertz CT molecular complexity index is 201. The van der Waals surface area contributed by atoms with Crippen molar-refractivity contribution in [3.63, 3.8) is 0 Å². The van der Waals surface area contributed by atoms with Crippen molar-refractivity contribution in [1.29, 1.82) is 0 Å². The van der Waals surface area contributed by atoms with Gasteiger partial charge in [0.05, 0.1) is 6.58 Å². The zero-order chi connectivity index (χ0) is 6.69. The Labute approximate surface area is 53.6 Å². The van der Waals surface area contributed by atoms with Gasteiger partial charge in [-0.3, -0.25) is 0 Å². The van der Waals surface area contributed by atoms with Crippen molar-refractivity contribution in [2.24, 2.45) is 0 Å². The van der Waals surface area contributed by atoms with Gasteiger partial charge in [0.1, 0.15) is 0 Å². The van der Waals surface area contributed by atoms with E-state index >= 15 is 0 Å². The summed E-state index contributed by atoms with van der Waals surface area (Å²) in [6.45, 7) is 4.86. The Kier molecular flexibility index (Phi) is 1.57. The summed E-state index contributed by atoms with van der Waals surface area (Å²) in [5, 5.41) is 0. The maximum atomic E-state index is 12.1. The largest absolute Gasteiger partial charge is 0.341 e. The van der Waals surface area contributed by atoms with Crippen LogP contribution in [0.2, 0.25) is 0 Å². The topological polar surface area (TPSA) is 0 Å². The molecule has 0 radical (unpaired) electrons. The number of benzene rings is 1. The molecule has 9 heavy (non-hydrogen) atoms. The van der Waals surface area contributed by atoms with Gasteiger partial charge in [-0.15, -0.1) is 4.39 Å². The number of hydrogen-bond donors (Lipinski definition) is 0. The first-order chi connectivity index (χ1) is 4.30. The molecule has 0 atom stereocenters. The van der Waals surface area contributed by atoms with Crippen LogP contribution in [0, 0.1) is 6.58 Å². The molecule has 0 heterocycles. The highest BCUT2D eigenvalue weighted by Crippen LogP contribution is 2.10. The third-order valence-electron chi connectivity index (χ3n) is 1.05. The fourth-order valence-electron chi connectivity index (χ4n) is 0.597. The van der Waals surface area contributed by atoms with Gasteiger partial charge in [-0.05, 0) is 12.1 Å².